The lowest BCUT2D eigenvalue weighted by molar-refractivity contribution is -0.146. The lowest BCUT2D eigenvalue weighted by Gasteiger charge is -2.43. The molecule has 3 N–H and O–H groups in total. The Balaban J connectivity index is 2.32. The summed E-state index contributed by atoms with van der Waals surface area (Å²) < 4.78 is 0. The maximum Gasteiger partial charge on any atom is 0.252 e. The Morgan fingerprint density at radius 1 is 1.46 bits per heavy atom. The number of amides is 2. The molecule has 0 saturated carbocycles. The Morgan fingerprint density at radius 3 is 2.88 bits per heavy atom. The number of carbonyl (C=O) groups excluding carboxylic acids is 2. The maximum absolute atomic E-state index is 12.5. The Bertz CT molecular complexity index is 970. The monoisotopic (exact) mass is 370 g/mol. The number of hydrogen-bond donors (Lipinski definition) is 2. The maximum atomic E-state index is 12.5. The van der Waals surface area contributed by atoms with Crippen molar-refractivity contribution < 1.29 is 9.59 Å². The van der Waals surface area contributed by atoms with E-state index in [2.05, 4.69) is 21.9 Å². The molecule has 0 spiro atoms. The number of benzene rings is 1. The molecule has 1 aliphatic rings. The predicted molar refractivity (Wildman–Crippen MR) is 94.9 cm³/mol. The summed E-state index contributed by atoms with van der Waals surface area (Å²) in [5.41, 5.74) is 4.51. The summed E-state index contributed by atoms with van der Waals surface area (Å²) >= 11 is 6.03. The molecule has 3 rings (SSSR count). The van der Waals surface area contributed by atoms with Gasteiger partial charge in [-0.3, -0.25) is 9.59 Å². The number of rotatable bonds is 3. The van der Waals surface area contributed by atoms with Crippen LogP contribution in [0, 0.1) is 11.3 Å². The molecule has 1 fully saturated rings. The first-order valence-electron chi connectivity index (χ1n) is 7.76. The topological polar surface area (TPSA) is 125 Å². The van der Waals surface area contributed by atoms with Crippen molar-refractivity contribution in [2.24, 2.45) is 5.73 Å². The molecular weight excluding hydrogens is 356 g/mol. The van der Waals surface area contributed by atoms with E-state index < -0.39 is 17.4 Å². The van der Waals surface area contributed by atoms with Crippen LogP contribution in [0.5, 0.6) is 0 Å². The number of fused-ring (bicyclic) bond motifs is 1. The molecule has 1 saturated heterocycles. The summed E-state index contributed by atoms with van der Waals surface area (Å²) in [5.74, 6) is -1.30. The molecule has 132 valence electrons. The highest BCUT2D eigenvalue weighted by Crippen LogP contribution is 2.30. The number of halogens is 1. The number of nitrogens with two attached hydrogens (primary N) is 1. The molecule has 26 heavy (non-hydrogen) atoms. The number of aromatic nitrogens is 2. The third-order valence-electron chi connectivity index (χ3n) is 4.34. The van der Waals surface area contributed by atoms with E-state index in [1.165, 1.54) is 4.90 Å². The molecular formula is C17H15ClN6O2. The van der Waals surface area contributed by atoms with E-state index in [0.717, 1.165) is 6.08 Å². The fourth-order valence-electron chi connectivity index (χ4n) is 3.06. The second kappa shape index (κ2) is 6.71. The molecule has 2 aromatic rings. The van der Waals surface area contributed by atoms with Gasteiger partial charge in [0.15, 0.2) is 17.1 Å². The normalized spacial score (nSPS) is 19.8. The van der Waals surface area contributed by atoms with E-state index in [-0.39, 0.29) is 24.6 Å². The standard InChI is InChI=1S/C17H15ClN6O2/c1-2-14(25)24-6-5-21-9-17(24,15(20)26)16-22-12-7-10(18)3-4-11(12)13(8-19)23-16/h2-4,7,21H,1,5-6,9H2,(H2,20,26). The zero-order valence-electron chi connectivity index (χ0n) is 13.7. The van der Waals surface area contributed by atoms with Crippen molar-refractivity contribution >= 4 is 34.3 Å². The molecule has 1 aliphatic heterocycles. The first-order chi connectivity index (χ1) is 12.4. The third kappa shape index (κ3) is 2.67. The van der Waals surface area contributed by atoms with Crippen LogP contribution in [0.1, 0.15) is 11.5 Å². The molecule has 8 nitrogen and oxygen atoms in total. The highest BCUT2D eigenvalue weighted by molar-refractivity contribution is 6.31. The molecule has 1 unspecified atom stereocenters. The van der Waals surface area contributed by atoms with Crippen LogP contribution in [-0.2, 0) is 15.1 Å². The first kappa shape index (κ1) is 17.8. The Labute approximate surface area is 154 Å². The van der Waals surface area contributed by atoms with Crippen molar-refractivity contribution in [3.8, 4) is 6.07 Å². The fraction of sp³-hybridized carbons (Fsp3) is 0.235. The van der Waals surface area contributed by atoms with Gasteiger partial charge in [0.1, 0.15) is 6.07 Å². The Kier molecular flexibility index (Phi) is 4.59. The van der Waals surface area contributed by atoms with Gasteiger partial charge in [-0.05, 0) is 24.3 Å². The van der Waals surface area contributed by atoms with Gasteiger partial charge in [-0.1, -0.05) is 18.2 Å². The van der Waals surface area contributed by atoms with Crippen LogP contribution >= 0.6 is 11.6 Å². The van der Waals surface area contributed by atoms with Crippen LogP contribution < -0.4 is 11.1 Å². The minimum Gasteiger partial charge on any atom is -0.367 e. The molecule has 2 amide bonds. The van der Waals surface area contributed by atoms with Crippen LogP contribution in [0.4, 0.5) is 0 Å². The zero-order valence-corrected chi connectivity index (χ0v) is 14.5. The molecule has 9 heteroatoms. The average molecular weight is 371 g/mol. The lowest BCUT2D eigenvalue weighted by atomic mass is 9.91. The quantitative estimate of drug-likeness (QED) is 0.756. The summed E-state index contributed by atoms with van der Waals surface area (Å²) in [6.45, 7) is 4.19. The average Bonchev–Trinajstić information content (AvgIpc) is 2.65. The van der Waals surface area contributed by atoms with Gasteiger partial charge in [0.05, 0.1) is 5.52 Å². The smallest absolute Gasteiger partial charge is 0.252 e. The van der Waals surface area contributed by atoms with Gasteiger partial charge in [0.2, 0.25) is 5.91 Å². The van der Waals surface area contributed by atoms with Gasteiger partial charge in [-0.2, -0.15) is 5.26 Å². The number of primary amides is 1. The summed E-state index contributed by atoms with van der Waals surface area (Å²) in [5, 5.41) is 13.4. The molecule has 0 radical (unpaired) electrons. The van der Waals surface area contributed by atoms with E-state index in [9.17, 15) is 14.9 Å². The number of nitrogens with one attached hydrogen (secondary N) is 1. The molecule has 0 aliphatic carbocycles. The van der Waals surface area contributed by atoms with Crippen LogP contribution in [0.15, 0.2) is 30.9 Å². The van der Waals surface area contributed by atoms with E-state index >= 15 is 0 Å². The van der Waals surface area contributed by atoms with Crippen molar-refractivity contribution in [2.45, 2.75) is 5.54 Å². The van der Waals surface area contributed by atoms with Gasteiger partial charge >= 0.3 is 0 Å². The predicted octanol–water partition coefficient (Wildman–Crippen LogP) is 0.453. The Hall–Kier alpha value is -3.02. The third-order valence-corrected chi connectivity index (χ3v) is 4.57. The van der Waals surface area contributed by atoms with Crippen LogP contribution in [0.2, 0.25) is 5.02 Å². The van der Waals surface area contributed by atoms with Crippen LogP contribution in [-0.4, -0.2) is 46.3 Å². The molecule has 1 aromatic heterocycles. The van der Waals surface area contributed by atoms with E-state index in [4.69, 9.17) is 17.3 Å². The SMILES string of the molecule is C=CC(=O)N1CCNCC1(C(N)=O)c1nc(C#N)c2ccc(Cl)cc2n1. The molecule has 1 atom stereocenters. The van der Waals surface area contributed by atoms with Gasteiger partial charge in [0, 0.05) is 30.0 Å². The van der Waals surface area contributed by atoms with Crippen molar-refractivity contribution in [3.05, 3.63) is 47.4 Å². The minimum absolute atomic E-state index is 0.0266. The largest absolute Gasteiger partial charge is 0.367 e. The fourth-order valence-corrected chi connectivity index (χ4v) is 3.22. The summed E-state index contributed by atoms with van der Waals surface area (Å²) in [6.07, 6.45) is 1.10. The van der Waals surface area contributed by atoms with Gasteiger partial charge < -0.3 is 16.0 Å². The molecule has 1 aromatic carbocycles. The van der Waals surface area contributed by atoms with Gasteiger partial charge in [-0.25, -0.2) is 9.97 Å². The van der Waals surface area contributed by atoms with Crippen LogP contribution in [0.25, 0.3) is 10.9 Å². The number of nitriles is 1. The number of carbonyl (C=O) groups is 2. The summed E-state index contributed by atoms with van der Waals surface area (Å²) in [7, 11) is 0. The number of piperazine rings is 1. The van der Waals surface area contributed by atoms with Crippen LogP contribution in [0.3, 0.4) is 0 Å². The van der Waals surface area contributed by atoms with Crippen molar-refractivity contribution in [1.82, 2.24) is 20.2 Å². The highest BCUT2D eigenvalue weighted by Gasteiger charge is 2.50. The van der Waals surface area contributed by atoms with Crippen molar-refractivity contribution in [1.29, 1.82) is 5.26 Å². The molecule has 0 bridgehead atoms. The van der Waals surface area contributed by atoms with Crippen molar-refractivity contribution in [3.63, 3.8) is 0 Å². The van der Waals surface area contributed by atoms with Gasteiger partial charge in [-0.15, -0.1) is 0 Å². The highest BCUT2D eigenvalue weighted by atomic mass is 35.5. The second-order valence-corrected chi connectivity index (χ2v) is 6.20. The van der Waals surface area contributed by atoms with E-state index in [1.54, 1.807) is 18.2 Å². The van der Waals surface area contributed by atoms with E-state index in [0.29, 0.717) is 22.5 Å². The minimum atomic E-state index is -1.63. The van der Waals surface area contributed by atoms with Crippen molar-refractivity contribution in [2.75, 3.05) is 19.6 Å². The first-order valence-corrected chi connectivity index (χ1v) is 8.14. The molecule has 2 heterocycles. The van der Waals surface area contributed by atoms with E-state index in [1.807, 2.05) is 6.07 Å². The Morgan fingerprint density at radius 2 is 2.23 bits per heavy atom. The number of nitrogens with zero attached hydrogens (tertiary/aromatic N) is 4. The second-order valence-electron chi connectivity index (χ2n) is 5.76. The lowest BCUT2D eigenvalue weighted by Crippen LogP contribution is -2.66. The van der Waals surface area contributed by atoms with Gasteiger partial charge in [0.25, 0.3) is 5.91 Å². The summed E-state index contributed by atoms with van der Waals surface area (Å²) in [4.78, 5) is 34.8. The number of hydrogen-bond acceptors (Lipinski definition) is 6. The zero-order chi connectivity index (χ0) is 18.9. The summed E-state index contributed by atoms with van der Waals surface area (Å²) in [6, 6.07) is 6.80.